The van der Waals surface area contributed by atoms with Crippen molar-refractivity contribution in [3.8, 4) is 0 Å². The molecule has 2 aromatic carbocycles. The van der Waals surface area contributed by atoms with Crippen LogP contribution in [0.3, 0.4) is 0 Å². The van der Waals surface area contributed by atoms with Crippen molar-refractivity contribution < 1.29 is 19.1 Å². The van der Waals surface area contributed by atoms with Gasteiger partial charge >= 0.3 is 6.09 Å². The van der Waals surface area contributed by atoms with Gasteiger partial charge in [0.2, 0.25) is 11.8 Å². The van der Waals surface area contributed by atoms with Crippen LogP contribution in [0.1, 0.15) is 94.5 Å². The minimum absolute atomic E-state index is 0.0934. The van der Waals surface area contributed by atoms with E-state index >= 15 is 0 Å². The van der Waals surface area contributed by atoms with Crippen LogP contribution in [0.5, 0.6) is 0 Å². The Bertz CT molecular complexity index is 1200. The Labute approximate surface area is 245 Å². The Balaban J connectivity index is 1.73. The lowest BCUT2D eigenvalue weighted by molar-refractivity contribution is -0.143. The van der Waals surface area contributed by atoms with E-state index in [2.05, 4.69) is 23.6 Å². The molecule has 0 heterocycles. The van der Waals surface area contributed by atoms with Crippen molar-refractivity contribution in [3.05, 3.63) is 70.8 Å². The maximum absolute atomic E-state index is 14.6. The van der Waals surface area contributed by atoms with Gasteiger partial charge < -0.3 is 20.3 Å². The van der Waals surface area contributed by atoms with Crippen molar-refractivity contribution in [1.82, 2.24) is 15.5 Å². The number of alkyl carbamates (subject to hydrolysis) is 1. The first kappa shape index (κ1) is 30.6. The second-order valence-electron chi connectivity index (χ2n) is 13.1. The Kier molecular flexibility index (Phi) is 9.77. The number of carbonyl (C=O) groups is 3. The van der Waals surface area contributed by atoms with Crippen molar-refractivity contribution in [2.45, 2.75) is 116 Å². The van der Waals surface area contributed by atoms with Gasteiger partial charge in [0, 0.05) is 18.5 Å². The van der Waals surface area contributed by atoms with Crippen LogP contribution in [-0.4, -0.2) is 46.5 Å². The smallest absolute Gasteiger partial charge is 0.408 e. The van der Waals surface area contributed by atoms with E-state index in [9.17, 15) is 14.4 Å². The van der Waals surface area contributed by atoms with E-state index < -0.39 is 23.8 Å². The molecular weight excluding hydrogens is 514 g/mol. The molecule has 2 aromatic rings. The number of ether oxygens (including phenoxy) is 1. The Hall–Kier alpha value is -3.35. The van der Waals surface area contributed by atoms with Crippen molar-refractivity contribution in [2.75, 3.05) is 0 Å². The summed E-state index contributed by atoms with van der Waals surface area (Å²) < 4.78 is 5.56. The highest BCUT2D eigenvalue weighted by molar-refractivity contribution is 5.93. The highest BCUT2D eigenvalue weighted by atomic mass is 16.6. The summed E-state index contributed by atoms with van der Waals surface area (Å²) in [6.45, 7) is 11.5. The van der Waals surface area contributed by atoms with Gasteiger partial charge in [-0.05, 0) is 70.9 Å². The van der Waals surface area contributed by atoms with Crippen LogP contribution in [0.2, 0.25) is 0 Å². The van der Waals surface area contributed by atoms with Gasteiger partial charge in [-0.1, -0.05) is 85.8 Å². The molecule has 0 spiro atoms. The summed E-state index contributed by atoms with van der Waals surface area (Å²) in [7, 11) is 0. The first-order valence-corrected chi connectivity index (χ1v) is 15.2. The number of hydrogen-bond donors (Lipinski definition) is 2. The van der Waals surface area contributed by atoms with Crippen LogP contribution in [0.4, 0.5) is 4.79 Å². The molecule has 2 aliphatic carbocycles. The Morgan fingerprint density at radius 2 is 1.59 bits per heavy atom. The summed E-state index contributed by atoms with van der Waals surface area (Å²) in [5.41, 5.74) is 3.09. The molecule has 2 N–H and O–H groups in total. The minimum atomic E-state index is -0.893. The fourth-order valence-corrected chi connectivity index (χ4v) is 5.98. The molecule has 4 unspecified atom stereocenters. The molecule has 222 valence electrons. The molecule has 0 radical (unpaired) electrons. The minimum Gasteiger partial charge on any atom is -0.444 e. The predicted octanol–water partition coefficient (Wildman–Crippen LogP) is 6.17. The van der Waals surface area contributed by atoms with Gasteiger partial charge in [-0.15, -0.1) is 0 Å². The Morgan fingerprint density at radius 3 is 2.15 bits per heavy atom. The molecule has 2 fully saturated rings. The van der Waals surface area contributed by atoms with Crippen LogP contribution in [0.15, 0.2) is 48.5 Å². The van der Waals surface area contributed by atoms with Crippen LogP contribution >= 0.6 is 0 Å². The number of rotatable bonds is 9. The van der Waals surface area contributed by atoms with Gasteiger partial charge in [0.05, 0.1) is 0 Å². The van der Waals surface area contributed by atoms with Gasteiger partial charge in [-0.3, -0.25) is 9.59 Å². The van der Waals surface area contributed by atoms with E-state index in [0.717, 1.165) is 54.4 Å². The first-order valence-electron chi connectivity index (χ1n) is 15.2. The summed E-state index contributed by atoms with van der Waals surface area (Å²) in [6.07, 6.45) is 5.75. The molecule has 2 aliphatic rings. The topological polar surface area (TPSA) is 87.7 Å². The number of amides is 3. The zero-order valence-electron chi connectivity index (χ0n) is 25.5. The number of hydrogen-bond acceptors (Lipinski definition) is 4. The van der Waals surface area contributed by atoms with Crippen molar-refractivity contribution in [3.63, 3.8) is 0 Å². The molecule has 0 saturated heterocycles. The molecule has 4 rings (SSSR count). The lowest BCUT2D eigenvalue weighted by Crippen LogP contribution is -2.55. The fraction of sp³-hybridized carbons (Fsp3) is 0.559. The van der Waals surface area contributed by atoms with Crippen molar-refractivity contribution in [1.29, 1.82) is 0 Å². The fourth-order valence-electron chi connectivity index (χ4n) is 5.98. The third-order valence-electron chi connectivity index (χ3n) is 7.99. The predicted molar refractivity (Wildman–Crippen MR) is 161 cm³/mol. The lowest BCUT2D eigenvalue weighted by Gasteiger charge is -2.36. The van der Waals surface area contributed by atoms with E-state index in [1.807, 2.05) is 56.3 Å². The average molecular weight is 562 g/mol. The molecule has 2 saturated carbocycles. The molecule has 7 nitrogen and oxygen atoms in total. The van der Waals surface area contributed by atoms with Gasteiger partial charge in [0.15, 0.2) is 0 Å². The molecular formula is C34H47N3O4. The largest absolute Gasteiger partial charge is 0.444 e. The molecule has 0 aromatic heterocycles. The number of nitrogens with one attached hydrogen (secondary N) is 2. The standard InChI is InChI=1S/C34H47N3O4/c1-22-17-23(2)19-26(18-22)30(31(38)35-27-15-11-8-12-16-27)37(29-20-24(29)3)32(39)28(21-25-13-9-7-10-14-25)36-33(40)41-34(4,5)6/h7,9-10,13-14,17-19,24,27-30H,8,11-12,15-16,20-21H2,1-6H3,(H,35,38)(H,36,40). The molecule has 3 amide bonds. The average Bonchev–Trinajstić information content (AvgIpc) is 3.61. The van der Waals surface area contributed by atoms with Gasteiger partial charge in [-0.2, -0.15) is 0 Å². The molecule has 4 atom stereocenters. The number of carbonyl (C=O) groups excluding carboxylic acids is 3. The maximum atomic E-state index is 14.6. The van der Waals surface area contributed by atoms with Gasteiger partial charge in [0.1, 0.15) is 17.7 Å². The Morgan fingerprint density at radius 1 is 0.976 bits per heavy atom. The van der Waals surface area contributed by atoms with E-state index in [4.69, 9.17) is 4.74 Å². The van der Waals surface area contributed by atoms with E-state index in [1.54, 1.807) is 25.7 Å². The molecule has 7 heteroatoms. The summed E-state index contributed by atoms with van der Waals surface area (Å²) >= 11 is 0. The third-order valence-corrected chi connectivity index (χ3v) is 7.99. The van der Waals surface area contributed by atoms with Crippen LogP contribution in [0.25, 0.3) is 0 Å². The second-order valence-corrected chi connectivity index (χ2v) is 13.1. The van der Waals surface area contributed by atoms with Gasteiger partial charge in [0.25, 0.3) is 0 Å². The second kappa shape index (κ2) is 13.1. The number of benzene rings is 2. The van der Waals surface area contributed by atoms with Crippen molar-refractivity contribution >= 4 is 17.9 Å². The van der Waals surface area contributed by atoms with Crippen LogP contribution in [-0.2, 0) is 20.7 Å². The number of aryl methyl sites for hydroxylation is 2. The van der Waals surface area contributed by atoms with E-state index in [-0.39, 0.29) is 29.8 Å². The summed E-state index contributed by atoms with van der Waals surface area (Å²) in [6, 6.07) is 14.1. The third kappa shape index (κ3) is 8.57. The normalized spacial score (nSPS) is 20.4. The maximum Gasteiger partial charge on any atom is 0.408 e. The monoisotopic (exact) mass is 561 g/mol. The highest BCUT2D eigenvalue weighted by Crippen LogP contribution is 2.41. The molecule has 0 bridgehead atoms. The summed E-state index contributed by atoms with van der Waals surface area (Å²) in [5, 5.41) is 6.17. The zero-order valence-corrected chi connectivity index (χ0v) is 25.5. The quantitative estimate of drug-likeness (QED) is 0.384. The summed E-state index contributed by atoms with van der Waals surface area (Å²) in [5.74, 6) is -0.157. The lowest BCUT2D eigenvalue weighted by atomic mass is 9.93. The van der Waals surface area contributed by atoms with Crippen molar-refractivity contribution in [2.24, 2.45) is 5.92 Å². The highest BCUT2D eigenvalue weighted by Gasteiger charge is 2.48. The summed E-state index contributed by atoms with van der Waals surface area (Å²) in [4.78, 5) is 43.6. The van der Waals surface area contributed by atoms with E-state index in [1.165, 1.54) is 6.42 Å². The van der Waals surface area contributed by atoms with Crippen LogP contribution in [0, 0.1) is 19.8 Å². The van der Waals surface area contributed by atoms with Crippen LogP contribution < -0.4 is 10.6 Å². The van der Waals surface area contributed by atoms with Gasteiger partial charge in [-0.25, -0.2) is 4.79 Å². The molecule has 41 heavy (non-hydrogen) atoms. The zero-order chi connectivity index (χ0) is 29.7. The first-order chi connectivity index (χ1) is 19.4. The SMILES string of the molecule is Cc1cc(C)cc(C(C(=O)NC2CCCCC2)N(C(=O)C(Cc2ccccc2)NC(=O)OC(C)(C)C)C2CC2C)c1. The number of nitrogens with zero attached hydrogens (tertiary/aromatic N) is 1. The van der Waals surface area contributed by atoms with E-state index in [0.29, 0.717) is 6.42 Å². The molecule has 0 aliphatic heterocycles.